The summed E-state index contributed by atoms with van der Waals surface area (Å²) in [4.78, 5) is 13.3. The number of hydrogen-bond donors (Lipinski definition) is 2. The Balaban J connectivity index is 1.22. The number of pyridine rings is 1. The average molecular weight is 389 g/mol. The van der Waals surface area contributed by atoms with Crippen molar-refractivity contribution >= 4 is 22.4 Å². The number of benzene rings is 2. The number of rotatable bonds is 6. The molecule has 0 unspecified atom stereocenters. The summed E-state index contributed by atoms with van der Waals surface area (Å²) in [6.07, 6.45) is 3.42. The summed E-state index contributed by atoms with van der Waals surface area (Å²) in [6, 6.07) is 18.9. The zero-order valence-corrected chi connectivity index (χ0v) is 16.7. The summed E-state index contributed by atoms with van der Waals surface area (Å²) in [5, 5.41) is 5.89. The van der Waals surface area contributed by atoms with Crippen LogP contribution in [-0.2, 0) is 6.54 Å². The van der Waals surface area contributed by atoms with Crippen LogP contribution in [-0.4, -0.2) is 60.0 Å². The Bertz CT molecular complexity index is 943. The van der Waals surface area contributed by atoms with Gasteiger partial charge in [-0.1, -0.05) is 42.5 Å². The highest BCUT2D eigenvalue weighted by Crippen LogP contribution is 2.20. The summed E-state index contributed by atoms with van der Waals surface area (Å²) in [5.74, 6) is 0.450. The smallest absolute Gasteiger partial charge is 0.193 e. The molecule has 0 amide bonds. The van der Waals surface area contributed by atoms with E-state index >= 15 is 0 Å². The largest absolute Gasteiger partial charge is 0.370 e. The molecule has 1 saturated heterocycles. The van der Waals surface area contributed by atoms with Gasteiger partial charge in [-0.3, -0.25) is 14.8 Å². The maximum absolute atomic E-state index is 5.97. The van der Waals surface area contributed by atoms with Crippen LogP contribution in [0.4, 0.5) is 5.69 Å². The molecule has 3 N–H and O–H groups in total. The van der Waals surface area contributed by atoms with Crippen LogP contribution < -0.4 is 11.1 Å². The van der Waals surface area contributed by atoms with Crippen molar-refractivity contribution < 1.29 is 0 Å². The molecule has 150 valence electrons. The van der Waals surface area contributed by atoms with Crippen LogP contribution in [0.15, 0.2) is 72.0 Å². The highest BCUT2D eigenvalue weighted by molar-refractivity contribution is 5.85. The van der Waals surface area contributed by atoms with Gasteiger partial charge in [-0.25, -0.2) is 4.99 Å². The van der Waals surface area contributed by atoms with Crippen LogP contribution in [0.5, 0.6) is 0 Å². The number of hydrogen-bond acceptors (Lipinski definition) is 4. The first-order valence-electron chi connectivity index (χ1n) is 10.2. The Morgan fingerprint density at radius 3 is 2.48 bits per heavy atom. The minimum absolute atomic E-state index is 0.450. The molecular formula is C23H28N6. The van der Waals surface area contributed by atoms with E-state index in [-0.39, 0.29) is 0 Å². The molecule has 2 aromatic carbocycles. The molecule has 2 heterocycles. The van der Waals surface area contributed by atoms with Crippen molar-refractivity contribution in [2.75, 3.05) is 39.3 Å². The Labute approximate surface area is 172 Å². The third-order valence-corrected chi connectivity index (χ3v) is 5.39. The normalized spacial score (nSPS) is 16.2. The van der Waals surface area contributed by atoms with Gasteiger partial charge < -0.3 is 11.1 Å². The minimum Gasteiger partial charge on any atom is -0.370 e. The van der Waals surface area contributed by atoms with Gasteiger partial charge in [-0.2, -0.15) is 0 Å². The monoisotopic (exact) mass is 388 g/mol. The van der Waals surface area contributed by atoms with Crippen molar-refractivity contribution in [2.24, 2.45) is 10.7 Å². The van der Waals surface area contributed by atoms with Crippen molar-refractivity contribution in [3.8, 4) is 0 Å². The van der Waals surface area contributed by atoms with Crippen molar-refractivity contribution in [1.29, 1.82) is 0 Å². The zero-order chi connectivity index (χ0) is 19.9. The van der Waals surface area contributed by atoms with Gasteiger partial charge in [0.1, 0.15) is 0 Å². The Morgan fingerprint density at radius 1 is 0.931 bits per heavy atom. The third-order valence-electron chi connectivity index (χ3n) is 5.39. The Hall–Kier alpha value is -2.96. The number of piperazine rings is 1. The Morgan fingerprint density at radius 2 is 1.66 bits per heavy atom. The van der Waals surface area contributed by atoms with E-state index in [9.17, 15) is 0 Å². The van der Waals surface area contributed by atoms with Gasteiger partial charge in [0.25, 0.3) is 0 Å². The highest BCUT2D eigenvalue weighted by Gasteiger charge is 2.17. The molecule has 6 heteroatoms. The summed E-state index contributed by atoms with van der Waals surface area (Å²) >= 11 is 0. The maximum Gasteiger partial charge on any atom is 0.193 e. The van der Waals surface area contributed by atoms with Crippen LogP contribution in [0.2, 0.25) is 0 Å². The molecule has 0 spiro atoms. The van der Waals surface area contributed by atoms with Gasteiger partial charge in [0.15, 0.2) is 5.96 Å². The fraction of sp³-hybridized carbons (Fsp3) is 0.304. The number of nitrogens with one attached hydrogen (secondary N) is 1. The topological polar surface area (TPSA) is 69.8 Å². The lowest BCUT2D eigenvalue weighted by Crippen LogP contribution is -2.48. The molecule has 0 aliphatic carbocycles. The second kappa shape index (κ2) is 9.49. The molecular weight excluding hydrogens is 360 g/mol. The van der Waals surface area contributed by atoms with Crippen molar-refractivity contribution in [2.45, 2.75) is 6.54 Å². The van der Waals surface area contributed by atoms with Crippen molar-refractivity contribution in [3.63, 3.8) is 0 Å². The van der Waals surface area contributed by atoms with Crippen LogP contribution in [0.3, 0.4) is 0 Å². The van der Waals surface area contributed by atoms with Crippen molar-refractivity contribution in [1.82, 2.24) is 20.1 Å². The zero-order valence-electron chi connectivity index (χ0n) is 16.7. The molecule has 1 aliphatic heterocycles. The van der Waals surface area contributed by atoms with Gasteiger partial charge in [-0.15, -0.1) is 0 Å². The highest BCUT2D eigenvalue weighted by atomic mass is 15.3. The SMILES string of the molecule is N/C(=N\c1ccncc1)NCCN1CCN(Cc2cccc3ccccc23)CC1. The summed E-state index contributed by atoms with van der Waals surface area (Å²) in [7, 11) is 0. The number of nitrogens with two attached hydrogens (primary N) is 1. The van der Waals surface area contributed by atoms with Crippen LogP contribution in [0.25, 0.3) is 10.8 Å². The summed E-state index contributed by atoms with van der Waals surface area (Å²) in [5.41, 5.74) is 8.19. The second-order valence-corrected chi connectivity index (χ2v) is 7.39. The van der Waals surface area contributed by atoms with Crippen LogP contribution >= 0.6 is 0 Å². The first kappa shape index (κ1) is 19.4. The fourth-order valence-electron chi connectivity index (χ4n) is 3.78. The van der Waals surface area contributed by atoms with E-state index in [1.54, 1.807) is 12.4 Å². The Kier molecular flexibility index (Phi) is 6.34. The fourth-order valence-corrected chi connectivity index (χ4v) is 3.78. The lowest BCUT2D eigenvalue weighted by Gasteiger charge is -2.35. The molecule has 1 fully saturated rings. The minimum atomic E-state index is 0.450. The quantitative estimate of drug-likeness (QED) is 0.502. The third kappa shape index (κ3) is 5.31. The van der Waals surface area contributed by atoms with Gasteiger partial charge in [0.05, 0.1) is 5.69 Å². The number of fused-ring (bicyclic) bond motifs is 1. The second-order valence-electron chi connectivity index (χ2n) is 7.39. The predicted molar refractivity (Wildman–Crippen MR) is 119 cm³/mol. The molecule has 3 aromatic rings. The molecule has 0 saturated carbocycles. The lowest BCUT2D eigenvalue weighted by molar-refractivity contribution is 0.129. The molecule has 6 nitrogen and oxygen atoms in total. The maximum atomic E-state index is 5.97. The molecule has 1 aliphatic rings. The molecule has 0 radical (unpaired) electrons. The summed E-state index contributed by atoms with van der Waals surface area (Å²) < 4.78 is 0. The molecule has 0 atom stereocenters. The van der Waals surface area contributed by atoms with Gasteiger partial charge in [0, 0.05) is 58.2 Å². The van der Waals surface area contributed by atoms with Crippen LogP contribution in [0.1, 0.15) is 5.56 Å². The van der Waals surface area contributed by atoms with E-state index in [0.29, 0.717) is 5.96 Å². The summed E-state index contributed by atoms with van der Waals surface area (Å²) in [6.45, 7) is 7.10. The molecule has 0 bridgehead atoms. The van der Waals surface area contributed by atoms with E-state index in [4.69, 9.17) is 5.73 Å². The lowest BCUT2D eigenvalue weighted by atomic mass is 10.0. The number of nitrogens with zero attached hydrogens (tertiary/aromatic N) is 4. The molecule has 4 rings (SSSR count). The first-order valence-corrected chi connectivity index (χ1v) is 10.2. The molecule has 29 heavy (non-hydrogen) atoms. The van der Waals surface area contributed by atoms with E-state index < -0.39 is 0 Å². The standard InChI is InChI=1S/C23H28N6/c24-23(27-21-8-10-25-11-9-21)26-12-13-28-14-16-29(17-15-28)18-20-6-3-5-19-4-1-2-7-22(19)20/h1-11H,12-18H2,(H3,24,25,26,27). The van der Waals surface area contributed by atoms with Gasteiger partial charge >= 0.3 is 0 Å². The van der Waals surface area contributed by atoms with E-state index in [2.05, 4.69) is 67.6 Å². The van der Waals surface area contributed by atoms with Crippen molar-refractivity contribution in [3.05, 3.63) is 72.6 Å². The predicted octanol–water partition coefficient (Wildman–Crippen LogP) is 2.59. The van der Waals surface area contributed by atoms with Gasteiger partial charge in [0.2, 0.25) is 0 Å². The van der Waals surface area contributed by atoms with E-state index in [1.807, 2.05) is 12.1 Å². The average Bonchev–Trinajstić information content (AvgIpc) is 2.76. The number of aliphatic imine (C=N–C) groups is 1. The van der Waals surface area contributed by atoms with E-state index in [0.717, 1.165) is 51.5 Å². The first-order chi connectivity index (χ1) is 14.3. The van der Waals surface area contributed by atoms with E-state index in [1.165, 1.54) is 16.3 Å². The molecule has 1 aromatic heterocycles. The number of aromatic nitrogens is 1. The number of guanidine groups is 1. The van der Waals surface area contributed by atoms with Crippen LogP contribution in [0, 0.1) is 0 Å². The van der Waals surface area contributed by atoms with Gasteiger partial charge in [-0.05, 0) is 28.5 Å².